The van der Waals surface area contributed by atoms with E-state index in [1.54, 1.807) is 11.9 Å². The number of amides is 2. The Kier molecular flexibility index (Phi) is 4.63. The van der Waals surface area contributed by atoms with E-state index in [2.05, 4.69) is 5.32 Å². The molecule has 2 fully saturated rings. The van der Waals surface area contributed by atoms with Crippen molar-refractivity contribution < 1.29 is 14.7 Å². The van der Waals surface area contributed by atoms with Crippen LogP contribution in [0.5, 0.6) is 0 Å². The van der Waals surface area contributed by atoms with Crippen molar-refractivity contribution in [2.45, 2.75) is 44.2 Å². The Bertz CT molecular complexity index is 342. The largest absolute Gasteiger partial charge is 0.480 e. The van der Waals surface area contributed by atoms with Crippen LogP contribution in [0.3, 0.4) is 0 Å². The molecule has 2 aliphatic rings. The lowest BCUT2D eigenvalue weighted by atomic mass is 10.0. The van der Waals surface area contributed by atoms with Crippen LogP contribution in [0.1, 0.15) is 32.1 Å². The first-order valence-electron chi connectivity index (χ1n) is 7.08. The minimum atomic E-state index is -0.883. The molecule has 2 N–H and O–H groups in total. The summed E-state index contributed by atoms with van der Waals surface area (Å²) in [7, 11) is 1.80. The Morgan fingerprint density at radius 2 is 1.89 bits per heavy atom. The Balaban J connectivity index is 2.01. The number of aliphatic carboxylic acids is 1. The van der Waals surface area contributed by atoms with Gasteiger partial charge >= 0.3 is 12.0 Å². The molecular formula is C13H23N3O3. The summed E-state index contributed by atoms with van der Waals surface area (Å²) >= 11 is 0. The Morgan fingerprint density at radius 3 is 2.53 bits per heavy atom. The van der Waals surface area contributed by atoms with Gasteiger partial charge in [0.25, 0.3) is 0 Å². The van der Waals surface area contributed by atoms with Crippen molar-refractivity contribution in [2.75, 3.05) is 26.7 Å². The van der Waals surface area contributed by atoms with E-state index in [9.17, 15) is 14.7 Å². The number of urea groups is 1. The van der Waals surface area contributed by atoms with E-state index in [0.717, 1.165) is 38.8 Å². The summed E-state index contributed by atoms with van der Waals surface area (Å²) in [5.74, 6) is -0.883. The number of piperidine rings is 2. The average Bonchev–Trinajstić information content (AvgIpc) is 2.46. The van der Waals surface area contributed by atoms with Crippen LogP contribution < -0.4 is 5.32 Å². The van der Waals surface area contributed by atoms with Crippen molar-refractivity contribution in [3.63, 3.8) is 0 Å². The zero-order valence-corrected chi connectivity index (χ0v) is 11.5. The number of likely N-dealkylation sites (tertiary alicyclic amines) is 1. The molecule has 2 aliphatic heterocycles. The highest BCUT2D eigenvalue weighted by molar-refractivity contribution is 5.83. The van der Waals surface area contributed by atoms with E-state index in [1.807, 2.05) is 0 Å². The van der Waals surface area contributed by atoms with Crippen molar-refractivity contribution >= 4 is 12.0 Å². The summed E-state index contributed by atoms with van der Waals surface area (Å²) in [5, 5.41) is 12.5. The third-order valence-corrected chi connectivity index (χ3v) is 4.19. The quantitative estimate of drug-likeness (QED) is 0.775. The highest BCUT2D eigenvalue weighted by Gasteiger charge is 2.35. The third-order valence-electron chi connectivity index (χ3n) is 4.19. The third kappa shape index (κ3) is 3.18. The predicted molar refractivity (Wildman–Crippen MR) is 71.0 cm³/mol. The summed E-state index contributed by atoms with van der Waals surface area (Å²) in [5.41, 5.74) is 0. The van der Waals surface area contributed by atoms with Gasteiger partial charge in [0, 0.05) is 19.6 Å². The highest BCUT2D eigenvalue weighted by atomic mass is 16.4. The van der Waals surface area contributed by atoms with E-state index >= 15 is 0 Å². The maximum Gasteiger partial charge on any atom is 0.326 e. The zero-order chi connectivity index (χ0) is 13.8. The van der Waals surface area contributed by atoms with Gasteiger partial charge in [0.05, 0.1) is 0 Å². The van der Waals surface area contributed by atoms with Crippen molar-refractivity contribution in [3.8, 4) is 0 Å². The number of rotatable bonds is 2. The van der Waals surface area contributed by atoms with Crippen LogP contribution in [-0.4, -0.2) is 65.7 Å². The number of nitrogens with one attached hydrogen (secondary N) is 1. The van der Waals surface area contributed by atoms with Crippen LogP contribution in [0.2, 0.25) is 0 Å². The zero-order valence-electron chi connectivity index (χ0n) is 11.5. The molecule has 2 rings (SSSR count). The average molecular weight is 269 g/mol. The first kappa shape index (κ1) is 14.1. The molecule has 6 heteroatoms. The topological polar surface area (TPSA) is 72.9 Å². The number of nitrogens with zero attached hydrogens (tertiary/aromatic N) is 2. The second kappa shape index (κ2) is 6.23. The van der Waals surface area contributed by atoms with Crippen molar-refractivity contribution in [3.05, 3.63) is 0 Å². The van der Waals surface area contributed by atoms with Gasteiger partial charge in [-0.2, -0.15) is 0 Å². The summed E-state index contributed by atoms with van der Waals surface area (Å²) < 4.78 is 0. The molecule has 0 aliphatic carbocycles. The molecule has 0 radical (unpaired) electrons. The fraction of sp³-hybridized carbons (Fsp3) is 0.846. The van der Waals surface area contributed by atoms with E-state index in [4.69, 9.17) is 0 Å². The van der Waals surface area contributed by atoms with Crippen LogP contribution in [-0.2, 0) is 4.79 Å². The first-order valence-corrected chi connectivity index (χ1v) is 7.08. The molecular weight excluding hydrogens is 246 g/mol. The van der Waals surface area contributed by atoms with Gasteiger partial charge in [0.15, 0.2) is 0 Å². The van der Waals surface area contributed by atoms with Crippen LogP contribution in [0.25, 0.3) is 0 Å². The molecule has 108 valence electrons. The van der Waals surface area contributed by atoms with Crippen LogP contribution >= 0.6 is 0 Å². The van der Waals surface area contributed by atoms with Crippen LogP contribution in [0.15, 0.2) is 0 Å². The maximum absolute atomic E-state index is 12.5. The molecule has 0 saturated carbocycles. The lowest BCUT2D eigenvalue weighted by molar-refractivity contribution is -0.143. The number of carbonyl (C=O) groups excluding carboxylic acids is 1. The standard InChI is InChI=1S/C13H23N3O3/c1-15(10-5-7-14-8-6-10)13(19)16-9-3-2-4-11(16)12(17)18/h10-11,14H,2-9H2,1H3,(H,17,18). The minimum Gasteiger partial charge on any atom is -0.480 e. The molecule has 1 atom stereocenters. The maximum atomic E-state index is 12.5. The molecule has 6 nitrogen and oxygen atoms in total. The van der Waals surface area contributed by atoms with E-state index < -0.39 is 12.0 Å². The molecule has 19 heavy (non-hydrogen) atoms. The van der Waals surface area contributed by atoms with Crippen LogP contribution in [0, 0.1) is 0 Å². The van der Waals surface area contributed by atoms with Gasteiger partial charge in [-0.05, 0) is 45.2 Å². The van der Waals surface area contributed by atoms with Crippen molar-refractivity contribution in [1.29, 1.82) is 0 Å². The van der Waals surface area contributed by atoms with Crippen molar-refractivity contribution in [2.24, 2.45) is 0 Å². The summed E-state index contributed by atoms with van der Waals surface area (Å²) in [6, 6.07) is -0.547. The number of carbonyl (C=O) groups is 2. The van der Waals surface area contributed by atoms with E-state index in [0.29, 0.717) is 13.0 Å². The second-order valence-corrected chi connectivity index (χ2v) is 5.42. The fourth-order valence-electron chi connectivity index (χ4n) is 2.97. The van der Waals surface area contributed by atoms with Gasteiger partial charge in [0.1, 0.15) is 6.04 Å². The summed E-state index contributed by atoms with van der Waals surface area (Å²) in [6.07, 6.45) is 4.23. The lowest BCUT2D eigenvalue weighted by Crippen LogP contribution is -2.55. The highest BCUT2D eigenvalue weighted by Crippen LogP contribution is 2.21. The monoisotopic (exact) mass is 269 g/mol. The Morgan fingerprint density at radius 1 is 1.21 bits per heavy atom. The predicted octanol–water partition coefficient (Wildman–Crippen LogP) is 0.729. The molecule has 0 aromatic carbocycles. The smallest absolute Gasteiger partial charge is 0.326 e. The van der Waals surface area contributed by atoms with E-state index in [-0.39, 0.29) is 12.1 Å². The molecule has 0 aromatic heterocycles. The van der Waals surface area contributed by atoms with E-state index in [1.165, 1.54) is 4.90 Å². The second-order valence-electron chi connectivity index (χ2n) is 5.42. The molecule has 0 spiro atoms. The van der Waals surface area contributed by atoms with Gasteiger partial charge in [-0.3, -0.25) is 0 Å². The summed E-state index contributed by atoms with van der Waals surface area (Å²) in [4.78, 5) is 27.0. The Hall–Kier alpha value is -1.30. The minimum absolute atomic E-state index is 0.126. The number of carboxylic acids is 1. The molecule has 0 aromatic rings. The van der Waals surface area contributed by atoms with Gasteiger partial charge in [-0.1, -0.05) is 0 Å². The SMILES string of the molecule is CN(C(=O)N1CCCCC1C(=O)O)C1CCNCC1. The Labute approximate surface area is 113 Å². The van der Waals surface area contributed by atoms with Gasteiger partial charge in [0.2, 0.25) is 0 Å². The van der Waals surface area contributed by atoms with Gasteiger partial charge in [-0.25, -0.2) is 9.59 Å². The normalized spacial score (nSPS) is 25.1. The molecule has 1 unspecified atom stereocenters. The number of hydrogen-bond donors (Lipinski definition) is 2. The molecule has 0 bridgehead atoms. The number of hydrogen-bond acceptors (Lipinski definition) is 3. The fourth-order valence-corrected chi connectivity index (χ4v) is 2.97. The van der Waals surface area contributed by atoms with Gasteiger partial charge < -0.3 is 20.2 Å². The first-order chi connectivity index (χ1) is 9.11. The van der Waals surface area contributed by atoms with Gasteiger partial charge in [-0.15, -0.1) is 0 Å². The lowest BCUT2D eigenvalue weighted by Gasteiger charge is -2.39. The molecule has 2 amide bonds. The molecule has 2 heterocycles. The molecule has 2 saturated heterocycles. The van der Waals surface area contributed by atoms with Crippen LogP contribution in [0.4, 0.5) is 4.79 Å². The van der Waals surface area contributed by atoms with Crippen molar-refractivity contribution in [1.82, 2.24) is 15.1 Å². The number of carboxylic acid groups (broad SMARTS) is 1. The summed E-state index contributed by atoms with van der Waals surface area (Å²) in [6.45, 7) is 2.40.